The summed E-state index contributed by atoms with van der Waals surface area (Å²) < 4.78 is 28.0. The average Bonchev–Trinajstić information content (AvgIpc) is 3.56. The summed E-state index contributed by atoms with van der Waals surface area (Å²) >= 11 is 6.34. The van der Waals surface area contributed by atoms with Gasteiger partial charge in [0.25, 0.3) is 0 Å². The van der Waals surface area contributed by atoms with Gasteiger partial charge in [0.05, 0.1) is 38.3 Å². The molecule has 2 aromatic heterocycles. The highest BCUT2D eigenvalue weighted by molar-refractivity contribution is 6.32. The number of hydrogen-bond acceptors (Lipinski definition) is 7. The molecule has 0 amide bonds. The van der Waals surface area contributed by atoms with E-state index in [0.29, 0.717) is 37.8 Å². The molecule has 9 heteroatoms. The van der Waals surface area contributed by atoms with Crippen LogP contribution in [0.2, 0.25) is 5.15 Å². The third-order valence-electron chi connectivity index (χ3n) is 7.35. The Hall–Kier alpha value is -3.66. The minimum absolute atomic E-state index is 0.260. The van der Waals surface area contributed by atoms with Crippen molar-refractivity contribution in [2.24, 2.45) is 0 Å². The second-order valence-corrected chi connectivity index (χ2v) is 10.6. The highest BCUT2D eigenvalue weighted by atomic mass is 35.5. The van der Waals surface area contributed by atoms with E-state index in [4.69, 9.17) is 30.5 Å². The number of benzene rings is 3. The van der Waals surface area contributed by atoms with E-state index in [-0.39, 0.29) is 5.15 Å². The van der Waals surface area contributed by atoms with Gasteiger partial charge < -0.3 is 18.9 Å². The van der Waals surface area contributed by atoms with Crippen LogP contribution in [0.4, 0.5) is 0 Å². The summed E-state index contributed by atoms with van der Waals surface area (Å²) in [6, 6.07) is 30.2. The van der Waals surface area contributed by atoms with Crippen LogP contribution in [0.1, 0.15) is 35.4 Å². The molecule has 0 N–H and O–H groups in total. The molecule has 210 valence electrons. The predicted molar refractivity (Wildman–Crippen MR) is 154 cm³/mol. The Morgan fingerprint density at radius 3 is 2.10 bits per heavy atom. The monoisotopic (exact) mass is 570 g/mol. The van der Waals surface area contributed by atoms with Gasteiger partial charge in [-0.2, -0.15) is 5.10 Å². The topological polar surface area (TPSA) is 80.0 Å². The molecule has 41 heavy (non-hydrogen) atoms. The van der Waals surface area contributed by atoms with Gasteiger partial charge in [-0.25, -0.2) is 14.5 Å². The van der Waals surface area contributed by atoms with Gasteiger partial charge in [-0.1, -0.05) is 103 Å². The molecule has 0 bridgehead atoms. The van der Waals surface area contributed by atoms with Crippen molar-refractivity contribution in [3.8, 4) is 0 Å². The van der Waals surface area contributed by atoms with Crippen molar-refractivity contribution in [2.45, 2.75) is 50.7 Å². The Morgan fingerprint density at radius 1 is 0.829 bits per heavy atom. The quantitative estimate of drug-likeness (QED) is 0.193. The van der Waals surface area contributed by atoms with Gasteiger partial charge in [0.15, 0.2) is 10.8 Å². The van der Waals surface area contributed by atoms with Crippen LogP contribution in [0, 0.1) is 0 Å². The second kappa shape index (κ2) is 12.5. The summed E-state index contributed by atoms with van der Waals surface area (Å²) in [5.41, 5.74) is 3.39. The van der Waals surface area contributed by atoms with E-state index < -0.39 is 23.9 Å². The van der Waals surface area contributed by atoms with Gasteiger partial charge in [0.1, 0.15) is 30.2 Å². The maximum Gasteiger partial charge on any atom is 0.191 e. The third-order valence-corrected chi connectivity index (χ3v) is 7.62. The van der Waals surface area contributed by atoms with Crippen molar-refractivity contribution in [1.82, 2.24) is 19.6 Å². The van der Waals surface area contributed by atoms with Crippen molar-refractivity contribution < 1.29 is 18.9 Å². The number of imidazole rings is 1. The van der Waals surface area contributed by atoms with E-state index in [0.717, 1.165) is 16.7 Å². The summed E-state index contributed by atoms with van der Waals surface area (Å²) in [5.74, 6) is 0. The van der Waals surface area contributed by atoms with E-state index in [2.05, 4.69) is 15.1 Å². The normalized spacial score (nSPS) is 22.3. The molecule has 0 spiro atoms. The molecule has 8 nitrogen and oxygen atoms in total. The summed E-state index contributed by atoms with van der Waals surface area (Å²) in [5, 5.41) is 4.69. The lowest BCUT2D eigenvalue weighted by molar-refractivity contribution is -0.148. The molecule has 1 aliphatic rings. The molecule has 3 aromatic carbocycles. The molecule has 6 rings (SSSR count). The molecular weight excluding hydrogens is 540 g/mol. The van der Waals surface area contributed by atoms with Crippen LogP contribution in [-0.2, 0) is 38.8 Å². The first-order chi connectivity index (χ1) is 20.1. The fraction of sp³-hybridized carbons (Fsp3) is 0.281. The highest BCUT2D eigenvalue weighted by Crippen LogP contribution is 2.46. The molecule has 0 radical (unpaired) electrons. The van der Waals surface area contributed by atoms with Gasteiger partial charge in [0.2, 0.25) is 0 Å². The van der Waals surface area contributed by atoms with E-state index in [1.165, 1.54) is 6.33 Å². The van der Waals surface area contributed by atoms with Crippen LogP contribution >= 0.6 is 11.6 Å². The first-order valence-electron chi connectivity index (χ1n) is 13.6. The number of nitrogens with zero attached hydrogens (tertiary/aromatic N) is 4. The van der Waals surface area contributed by atoms with Crippen molar-refractivity contribution >= 4 is 17.2 Å². The van der Waals surface area contributed by atoms with E-state index in [9.17, 15) is 0 Å². The van der Waals surface area contributed by atoms with Crippen LogP contribution in [0.15, 0.2) is 104 Å². The summed E-state index contributed by atoms with van der Waals surface area (Å²) in [6.07, 6.45) is 1.62. The Balaban J connectivity index is 1.34. The van der Waals surface area contributed by atoms with Crippen molar-refractivity contribution in [3.63, 3.8) is 0 Å². The second-order valence-electron chi connectivity index (χ2n) is 10.2. The Bertz CT molecular complexity index is 1550. The minimum atomic E-state index is -0.932. The number of hydrogen-bond donors (Lipinski definition) is 0. The maximum atomic E-state index is 6.76. The SMILES string of the molecule is CC1(OCc2ccccc2)C(c2cnc3c(Cl)ncnn23)OC(COCc2ccccc2)C1OCc1ccccc1. The molecular formula is C32H31ClN4O4. The molecule has 1 saturated heterocycles. The molecule has 5 aromatic rings. The lowest BCUT2D eigenvalue weighted by atomic mass is 9.90. The van der Waals surface area contributed by atoms with Gasteiger partial charge in [0, 0.05) is 0 Å². The van der Waals surface area contributed by atoms with Crippen LogP contribution < -0.4 is 0 Å². The first kappa shape index (κ1) is 27.5. The van der Waals surface area contributed by atoms with Crippen molar-refractivity contribution in [1.29, 1.82) is 0 Å². The van der Waals surface area contributed by atoms with Crippen LogP contribution in [-0.4, -0.2) is 44.0 Å². The minimum Gasteiger partial charge on any atom is -0.374 e. The zero-order valence-electron chi connectivity index (χ0n) is 22.7. The molecule has 0 saturated carbocycles. The average molecular weight is 571 g/mol. The summed E-state index contributed by atoms with van der Waals surface area (Å²) in [4.78, 5) is 8.57. The maximum absolute atomic E-state index is 6.76. The third kappa shape index (κ3) is 6.02. The first-order valence-corrected chi connectivity index (χ1v) is 13.9. The Kier molecular flexibility index (Phi) is 8.36. The fourth-order valence-electron chi connectivity index (χ4n) is 5.25. The molecule has 1 aliphatic heterocycles. The van der Waals surface area contributed by atoms with Gasteiger partial charge in [-0.05, 0) is 23.6 Å². The molecule has 1 fully saturated rings. The van der Waals surface area contributed by atoms with Crippen LogP contribution in [0.3, 0.4) is 0 Å². The number of ether oxygens (including phenoxy) is 4. The predicted octanol–water partition coefficient (Wildman–Crippen LogP) is 6.00. The van der Waals surface area contributed by atoms with E-state index in [1.54, 1.807) is 10.7 Å². The molecule has 4 atom stereocenters. The molecule has 3 heterocycles. The number of fused-ring (bicyclic) bond motifs is 1. The van der Waals surface area contributed by atoms with Gasteiger partial charge in [-0.3, -0.25) is 0 Å². The lowest BCUT2D eigenvalue weighted by Crippen LogP contribution is -2.47. The van der Waals surface area contributed by atoms with Gasteiger partial charge in [-0.15, -0.1) is 0 Å². The highest BCUT2D eigenvalue weighted by Gasteiger charge is 2.57. The van der Waals surface area contributed by atoms with Crippen LogP contribution in [0.25, 0.3) is 5.65 Å². The van der Waals surface area contributed by atoms with Crippen molar-refractivity contribution in [3.05, 3.63) is 131 Å². The van der Waals surface area contributed by atoms with Crippen molar-refractivity contribution in [2.75, 3.05) is 6.61 Å². The number of aromatic nitrogens is 4. The smallest absolute Gasteiger partial charge is 0.191 e. The Morgan fingerprint density at radius 2 is 1.44 bits per heavy atom. The standard InChI is InChI=1S/C32H31ClN4O4/c1-32(40-20-25-15-9-4-10-16-25)28(26-17-34-31-30(33)35-22-36-37(26)31)41-27(21-38-18-23-11-5-2-6-12-23)29(32)39-19-24-13-7-3-8-14-24/h2-17,22,27-29H,18-21H2,1H3. The van der Waals surface area contributed by atoms with E-state index >= 15 is 0 Å². The van der Waals surface area contributed by atoms with Crippen LogP contribution in [0.5, 0.6) is 0 Å². The fourth-order valence-corrected chi connectivity index (χ4v) is 5.42. The van der Waals surface area contributed by atoms with E-state index in [1.807, 2.05) is 97.9 Å². The van der Waals surface area contributed by atoms with Gasteiger partial charge >= 0.3 is 0 Å². The molecule has 0 aliphatic carbocycles. The lowest BCUT2D eigenvalue weighted by Gasteiger charge is -2.35. The summed E-state index contributed by atoms with van der Waals surface area (Å²) in [7, 11) is 0. The Labute approximate surface area is 243 Å². The summed E-state index contributed by atoms with van der Waals surface area (Å²) in [6.45, 7) is 3.54. The zero-order chi connectivity index (χ0) is 28.1. The number of rotatable bonds is 11. The largest absolute Gasteiger partial charge is 0.374 e. The number of halogens is 1. The zero-order valence-corrected chi connectivity index (χ0v) is 23.4. The molecule has 4 unspecified atom stereocenters.